The molecule has 0 atom stereocenters. The van der Waals surface area contributed by atoms with Crippen LogP contribution in [0.1, 0.15) is 41.9 Å². The highest BCUT2D eigenvalue weighted by Crippen LogP contribution is 2.26. The summed E-state index contributed by atoms with van der Waals surface area (Å²) in [5, 5.41) is 21.5. The average molecular weight is 524 g/mol. The fourth-order valence-corrected chi connectivity index (χ4v) is 3.75. The van der Waals surface area contributed by atoms with Gasteiger partial charge in [-0.05, 0) is 60.7 Å². The number of carboxylic acid groups (broad SMARTS) is 1. The second kappa shape index (κ2) is 12.2. The van der Waals surface area contributed by atoms with E-state index in [9.17, 15) is 9.90 Å². The topological polar surface area (TPSA) is 130 Å². The van der Waals surface area contributed by atoms with Gasteiger partial charge in [0, 0.05) is 0 Å². The van der Waals surface area contributed by atoms with Crippen molar-refractivity contribution in [2.75, 3.05) is 0 Å². The smallest absolute Gasteiger partial charge is 0.323 e. The van der Waals surface area contributed by atoms with Crippen LogP contribution in [0.5, 0.6) is 12.0 Å². The number of nitriles is 1. The van der Waals surface area contributed by atoms with Crippen molar-refractivity contribution in [3.63, 3.8) is 0 Å². The summed E-state index contributed by atoms with van der Waals surface area (Å²) in [6.07, 6.45) is 0. The molecule has 0 aliphatic heterocycles. The first kappa shape index (κ1) is 27.2. The number of hydrogen-bond donors (Lipinski definition) is 2. The molecule has 3 aromatic carbocycles. The van der Waals surface area contributed by atoms with Crippen molar-refractivity contribution in [1.29, 1.82) is 5.26 Å². The van der Waals surface area contributed by atoms with E-state index in [-0.39, 0.29) is 37.6 Å². The highest BCUT2D eigenvalue weighted by molar-refractivity contribution is 5.77. The van der Waals surface area contributed by atoms with Gasteiger partial charge >= 0.3 is 18.0 Å². The number of carboxylic acids is 1. The van der Waals surface area contributed by atoms with E-state index in [4.69, 9.17) is 14.7 Å². The van der Waals surface area contributed by atoms with Gasteiger partial charge in [0.1, 0.15) is 18.8 Å². The monoisotopic (exact) mass is 523 g/mol. The summed E-state index contributed by atoms with van der Waals surface area (Å²) in [4.78, 5) is 24.6. The van der Waals surface area contributed by atoms with Crippen LogP contribution < -0.4 is 14.8 Å². The summed E-state index contributed by atoms with van der Waals surface area (Å²) >= 11 is 0. The van der Waals surface area contributed by atoms with Crippen molar-refractivity contribution >= 4 is 5.97 Å². The maximum absolute atomic E-state index is 11.5. The third-order valence-electron chi connectivity index (χ3n) is 6.18. The van der Waals surface area contributed by atoms with E-state index < -0.39 is 11.5 Å². The van der Waals surface area contributed by atoms with Gasteiger partial charge in [0.2, 0.25) is 0 Å². The fraction of sp³-hybridized carbons (Fsp3) is 0.233. The summed E-state index contributed by atoms with van der Waals surface area (Å²) in [6.45, 7) is 5.55. The van der Waals surface area contributed by atoms with Crippen molar-refractivity contribution in [2.24, 2.45) is 0 Å². The summed E-state index contributed by atoms with van der Waals surface area (Å²) in [6, 6.07) is 25.4. The molecule has 0 saturated carbocycles. The Bertz CT molecular complexity index is 1500. The van der Waals surface area contributed by atoms with E-state index in [2.05, 4.69) is 44.5 Å². The Balaban J connectivity index is 1.55. The van der Waals surface area contributed by atoms with Crippen LogP contribution >= 0.6 is 0 Å². The quantitative estimate of drug-likeness (QED) is 0.284. The van der Waals surface area contributed by atoms with E-state index in [1.807, 2.05) is 43.3 Å². The van der Waals surface area contributed by atoms with Crippen molar-refractivity contribution < 1.29 is 19.4 Å². The van der Waals surface area contributed by atoms with Gasteiger partial charge in [0.15, 0.2) is 5.82 Å². The number of aromatic nitrogens is 3. The van der Waals surface area contributed by atoms with E-state index in [0.29, 0.717) is 5.56 Å². The Morgan fingerprint density at radius 3 is 2.33 bits per heavy atom. The van der Waals surface area contributed by atoms with Crippen LogP contribution in [0.25, 0.3) is 11.1 Å². The van der Waals surface area contributed by atoms with Crippen molar-refractivity contribution in [3.8, 4) is 29.2 Å². The first-order chi connectivity index (χ1) is 18.7. The zero-order valence-corrected chi connectivity index (χ0v) is 22.0. The molecule has 0 aliphatic carbocycles. The lowest BCUT2D eigenvalue weighted by atomic mass is 9.97. The highest BCUT2D eigenvalue weighted by Gasteiger charge is 2.26. The molecule has 0 fully saturated rings. The van der Waals surface area contributed by atoms with Gasteiger partial charge in [0.25, 0.3) is 0 Å². The minimum absolute atomic E-state index is 0.0297. The van der Waals surface area contributed by atoms with Crippen LogP contribution in [0.15, 0.2) is 72.8 Å². The lowest BCUT2D eigenvalue weighted by Crippen LogP contribution is -2.46. The third kappa shape index (κ3) is 7.15. The molecule has 0 unspecified atom stereocenters. The van der Waals surface area contributed by atoms with E-state index in [1.165, 1.54) is 0 Å². The lowest BCUT2D eigenvalue weighted by Gasteiger charge is -2.20. The number of nitrogens with zero attached hydrogens (tertiary/aromatic N) is 4. The van der Waals surface area contributed by atoms with Crippen LogP contribution in [0.2, 0.25) is 0 Å². The Morgan fingerprint density at radius 1 is 0.949 bits per heavy atom. The molecule has 1 aromatic heterocycles. The average Bonchev–Trinajstić information content (AvgIpc) is 2.95. The molecule has 0 bridgehead atoms. The Kier molecular flexibility index (Phi) is 8.49. The van der Waals surface area contributed by atoms with E-state index in [1.54, 1.807) is 32.0 Å². The molecule has 0 spiro atoms. The number of carbonyl (C=O) groups is 1. The Hall–Kier alpha value is -4.81. The fourth-order valence-electron chi connectivity index (χ4n) is 3.75. The molecule has 0 aliphatic rings. The largest absolute Gasteiger partial charge is 0.480 e. The summed E-state index contributed by atoms with van der Waals surface area (Å²) in [5.74, 6) is -0.736. The number of benzene rings is 3. The van der Waals surface area contributed by atoms with Crippen molar-refractivity contribution in [1.82, 2.24) is 20.3 Å². The Labute approximate surface area is 227 Å². The molecule has 0 saturated heterocycles. The molecule has 2 N–H and O–H groups in total. The molecule has 9 heteroatoms. The number of aliphatic carboxylic acids is 1. The Morgan fingerprint density at radius 2 is 1.64 bits per heavy atom. The standard InChI is InChI=1S/C30H29N5O4/c1-20-24(13-8-14-25(20)23-11-5-4-6-12-23)19-39-29-34-26(17-32-30(2,3)27(36)37)33-28(35-29)38-18-22-10-7-9-21(15-22)16-31/h4-15,32H,17-19H2,1-3H3,(H,36,37). The van der Waals surface area contributed by atoms with Gasteiger partial charge in [-0.15, -0.1) is 4.98 Å². The van der Waals surface area contributed by atoms with E-state index >= 15 is 0 Å². The molecular weight excluding hydrogens is 494 g/mol. The predicted molar refractivity (Wildman–Crippen MR) is 145 cm³/mol. The zero-order valence-electron chi connectivity index (χ0n) is 22.0. The normalized spacial score (nSPS) is 11.0. The molecule has 1 heterocycles. The SMILES string of the molecule is Cc1c(COc2nc(CNC(C)(C)C(=O)O)nc(OCc3cccc(C#N)c3)n2)cccc1-c1ccccc1. The minimum atomic E-state index is -1.19. The lowest BCUT2D eigenvalue weighted by molar-refractivity contribution is -0.143. The van der Waals surface area contributed by atoms with Crippen molar-refractivity contribution in [3.05, 3.63) is 101 Å². The summed E-state index contributed by atoms with van der Waals surface area (Å²) in [5.41, 5.74) is 4.37. The first-order valence-corrected chi connectivity index (χ1v) is 12.4. The van der Waals surface area contributed by atoms with E-state index in [0.717, 1.165) is 27.8 Å². The molecule has 0 amide bonds. The summed E-state index contributed by atoms with van der Waals surface area (Å²) in [7, 11) is 0. The van der Waals surface area contributed by atoms with Crippen LogP contribution in [-0.2, 0) is 24.6 Å². The molecule has 4 aromatic rings. The maximum Gasteiger partial charge on any atom is 0.323 e. The van der Waals surface area contributed by atoms with Crippen LogP contribution in [0.3, 0.4) is 0 Å². The maximum atomic E-state index is 11.5. The van der Waals surface area contributed by atoms with Gasteiger partial charge in [0.05, 0.1) is 18.2 Å². The third-order valence-corrected chi connectivity index (χ3v) is 6.18. The van der Waals surface area contributed by atoms with Gasteiger partial charge in [-0.2, -0.15) is 15.2 Å². The molecule has 9 nitrogen and oxygen atoms in total. The number of ether oxygens (including phenoxy) is 2. The molecule has 0 radical (unpaired) electrons. The van der Waals surface area contributed by atoms with Gasteiger partial charge in [-0.1, -0.05) is 60.7 Å². The predicted octanol–water partition coefficient (Wildman–Crippen LogP) is 4.83. The number of hydrogen-bond acceptors (Lipinski definition) is 8. The molecule has 198 valence electrons. The van der Waals surface area contributed by atoms with Crippen LogP contribution in [0, 0.1) is 18.3 Å². The zero-order chi connectivity index (χ0) is 27.8. The molecular formula is C30H29N5O4. The number of nitrogens with one attached hydrogen (secondary N) is 1. The molecule has 39 heavy (non-hydrogen) atoms. The van der Waals surface area contributed by atoms with Crippen LogP contribution in [0.4, 0.5) is 0 Å². The second-order valence-corrected chi connectivity index (χ2v) is 9.45. The van der Waals surface area contributed by atoms with Crippen molar-refractivity contribution in [2.45, 2.75) is 46.1 Å². The highest BCUT2D eigenvalue weighted by atomic mass is 16.5. The van der Waals surface area contributed by atoms with Crippen LogP contribution in [-0.4, -0.2) is 31.6 Å². The molecule has 4 rings (SSSR count). The van der Waals surface area contributed by atoms with Gasteiger partial charge < -0.3 is 14.6 Å². The first-order valence-electron chi connectivity index (χ1n) is 12.4. The van der Waals surface area contributed by atoms with Gasteiger partial charge in [-0.3, -0.25) is 10.1 Å². The van der Waals surface area contributed by atoms with Gasteiger partial charge in [-0.25, -0.2) is 0 Å². The number of rotatable bonds is 11. The summed E-state index contributed by atoms with van der Waals surface area (Å²) < 4.78 is 11.8. The second-order valence-electron chi connectivity index (χ2n) is 9.45. The minimum Gasteiger partial charge on any atom is -0.480 e.